The number of halogens is 2. The molecule has 37 heavy (non-hydrogen) atoms. The van der Waals surface area contributed by atoms with Gasteiger partial charge in [0.15, 0.2) is 9.84 Å². The Hall–Kier alpha value is -3.01. The van der Waals surface area contributed by atoms with Crippen molar-refractivity contribution in [3.63, 3.8) is 0 Å². The van der Waals surface area contributed by atoms with Crippen LogP contribution in [0.1, 0.15) is 49.7 Å². The third kappa shape index (κ3) is 4.83. The summed E-state index contributed by atoms with van der Waals surface area (Å²) in [7, 11) is -3.84. The van der Waals surface area contributed by atoms with Crippen molar-refractivity contribution in [3.05, 3.63) is 70.6 Å². The van der Waals surface area contributed by atoms with Gasteiger partial charge in [-0.2, -0.15) is 5.10 Å². The SMILES string of the molecule is CCn1nc(-c2ccc(CS(=O)(=O)c3ccccc3Cl)c(F)c2)c2c(N)ncc(C3CCC(N)CC3)c21. The number of benzene rings is 2. The average Bonchev–Trinajstić information content (AvgIpc) is 3.27. The number of hydrogen-bond donors (Lipinski definition) is 2. The van der Waals surface area contributed by atoms with Crippen molar-refractivity contribution < 1.29 is 12.8 Å². The summed E-state index contributed by atoms with van der Waals surface area (Å²) in [6, 6.07) is 10.8. The van der Waals surface area contributed by atoms with Crippen LogP contribution in [0, 0.1) is 5.82 Å². The highest BCUT2D eigenvalue weighted by atomic mass is 35.5. The van der Waals surface area contributed by atoms with E-state index >= 15 is 4.39 Å². The minimum absolute atomic E-state index is 0.0251. The number of fused-ring (bicyclic) bond motifs is 1. The summed E-state index contributed by atoms with van der Waals surface area (Å²) >= 11 is 6.07. The highest BCUT2D eigenvalue weighted by Gasteiger charge is 2.27. The lowest BCUT2D eigenvalue weighted by Gasteiger charge is -2.27. The second-order valence-corrected chi connectivity index (χ2v) is 12.0. The van der Waals surface area contributed by atoms with Gasteiger partial charge in [0.2, 0.25) is 0 Å². The van der Waals surface area contributed by atoms with E-state index in [0.29, 0.717) is 34.9 Å². The zero-order chi connectivity index (χ0) is 26.3. The van der Waals surface area contributed by atoms with Crippen molar-refractivity contribution in [2.24, 2.45) is 5.73 Å². The van der Waals surface area contributed by atoms with Gasteiger partial charge in [-0.3, -0.25) is 4.68 Å². The summed E-state index contributed by atoms with van der Waals surface area (Å²) in [5, 5.41) is 5.58. The molecule has 0 amide bonds. The summed E-state index contributed by atoms with van der Waals surface area (Å²) < 4.78 is 43.0. The highest BCUT2D eigenvalue weighted by molar-refractivity contribution is 7.90. The second-order valence-electron chi connectivity index (χ2n) is 9.59. The van der Waals surface area contributed by atoms with Gasteiger partial charge in [-0.15, -0.1) is 0 Å². The number of sulfone groups is 1. The van der Waals surface area contributed by atoms with Crippen LogP contribution in [0.15, 0.2) is 53.6 Å². The fourth-order valence-electron chi connectivity index (χ4n) is 5.21. The van der Waals surface area contributed by atoms with E-state index in [1.54, 1.807) is 18.2 Å². The van der Waals surface area contributed by atoms with Crippen molar-refractivity contribution >= 4 is 38.2 Å². The van der Waals surface area contributed by atoms with E-state index in [0.717, 1.165) is 36.8 Å². The first-order valence-electron chi connectivity index (χ1n) is 12.4. The largest absolute Gasteiger partial charge is 0.383 e. The Labute approximate surface area is 220 Å². The fourth-order valence-corrected chi connectivity index (χ4v) is 7.15. The number of nitrogens with zero attached hydrogens (tertiary/aromatic N) is 3. The van der Waals surface area contributed by atoms with Crippen LogP contribution in [0.25, 0.3) is 22.2 Å². The zero-order valence-electron chi connectivity index (χ0n) is 20.5. The number of nitrogens with two attached hydrogens (primary N) is 2. The maximum atomic E-state index is 15.3. The molecule has 1 saturated carbocycles. The quantitative estimate of drug-likeness (QED) is 0.335. The number of aromatic nitrogens is 3. The van der Waals surface area contributed by atoms with Gasteiger partial charge in [0.1, 0.15) is 17.3 Å². The Kier molecular flexibility index (Phi) is 6.95. The molecule has 2 aromatic heterocycles. The van der Waals surface area contributed by atoms with E-state index in [1.807, 2.05) is 17.8 Å². The van der Waals surface area contributed by atoms with Gasteiger partial charge in [-0.05, 0) is 62.3 Å². The van der Waals surface area contributed by atoms with Crippen LogP contribution >= 0.6 is 11.6 Å². The molecule has 0 radical (unpaired) electrons. The molecule has 0 aliphatic heterocycles. The highest BCUT2D eigenvalue weighted by Crippen LogP contribution is 2.40. The number of pyridine rings is 1. The maximum absolute atomic E-state index is 15.3. The number of aryl methyl sites for hydroxylation is 1. The predicted molar refractivity (Wildman–Crippen MR) is 145 cm³/mol. The molecule has 0 saturated heterocycles. The lowest BCUT2D eigenvalue weighted by atomic mass is 9.82. The van der Waals surface area contributed by atoms with Crippen LogP contribution in [0.2, 0.25) is 5.02 Å². The average molecular weight is 542 g/mol. The topological polar surface area (TPSA) is 117 Å². The lowest BCUT2D eigenvalue weighted by Crippen LogP contribution is -2.26. The van der Waals surface area contributed by atoms with Gasteiger partial charge in [0, 0.05) is 29.9 Å². The monoisotopic (exact) mass is 541 g/mol. The molecule has 194 valence electrons. The van der Waals surface area contributed by atoms with Gasteiger partial charge in [0.25, 0.3) is 0 Å². The first-order valence-corrected chi connectivity index (χ1v) is 14.4. The molecule has 2 heterocycles. The molecule has 0 unspecified atom stereocenters. The standard InChI is InChI=1S/C27H29ClFN5O2S/c1-2-34-26-20(16-9-11-19(30)12-10-16)14-32-27(31)24(26)25(33-34)17-7-8-18(22(29)13-17)15-37(35,36)23-6-4-3-5-21(23)28/h3-8,13-14,16,19H,2,9-12,15,30H2,1H3,(H2,31,32). The number of hydrogen-bond acceptors (Lipinski definition) is 6. The normalized spacial score (nSPS) is 18.4. The molecule has 2 aromatic carbocycles. The fraction of sp³-hybridized carbons (Fsp3) is 0.333. The molecule has 4 aromatic rings. The molecule has 1 fully saturated rings. The van der Waals surface area contributed by atoms with Crippen molar-refractivity contribution in [2.75, 3.05) is 5.73 Å². The number of nitrogen functional groups attached to an aromatic ring is 1. The molecule has 1 aliphatic carbocycles. The molecular formula is C27H29ClFN5O2S. The molecular weight excluding hydrogens is 513 g/mol. The van der Waals surface area contributed by atoms with Crippen molar-refractivity contribution in [3.8, 4) is 11.3 Å². The molecule has 1 aliphatic rings. The first kappa shape index (κ1) is 25.6. The Morgan fingerprint density at radius 1 is 1.14 bits per heavy atom. The molecule has 0 spiro atoms. The van der Waals surface area contributed by atoms with Crippen molar-refractivity contribution in [1.29, 1.82) is 0 Å². The number of anilines is 1. The van der Waals surface area contributed by atoms with Crippen molar-refractivity contribution in [1.82, 2.24) is 14.8 Å². The summed E-state index contributed by atoms with van der Waals surface area (Å²) in [4.78, 5) is 4.45. The molecule has 4 N–H and O–H groups in total. The van der Waals surface area contributed by atoms with Crippen LogP contribution in [-0.4, -0.2) is 29.2 Å². The summed E-state index contributed by atoms with van der Waals surface area (Å²) in [5.74, 6) is -0.521. The Morgan fingerprint density at radius 3 is 2.54 bits per heavy atom. The third-order valence-corrected chi connectivity index (χ3v) is 9.34. The number of rotatable bonds is 6. The van der Waals surface area contributed by atoms with E-state index < -0.39 is 21.4 Å². The summed E-state index contributed by atoms with van der Waals surface area (Å²) in [5.41, 5.74) is 15.5. The van der Waals surface area contributed by atoms with Crippen LogP contribution in [0.3, 0.4) is 0 Å². The molecule has 7 nitrogen and oxygen atoms in total. The zero-order valence-corrected chi connectivity index (χ0v) is 22.1. The van der Waals surface area contributed by atoms with E-state index in [4.69, 9.17) is 28.2 Å². The van der Waals surface area contributed by atoms with Gasteiger partial charge < -0.3 is 11.5 Å². The summed E-state index contributed by atoms with van der Waals surface area (Å²) in [6.45, 7) is 2.60. The van der Waals surface area contributed by atoms with Gasteiger partial charge >= 0.3 is 0 Å². The smallest absolute Gasteiger partial charge is 0.184 e. The Morgan fingerprint density at radius 2 is 1.86 bits per heavy atom. The summed E-state index contributed by atoms with van der Waals surface area (Å²) in [6.07, 6.45) is 5.67. The van der Waals surface area contributed by atoms with Gasteiger partial charge in [-0.25, -0.2) is 17.8 Å². The predicted octanol–water partition coefficient (Wildman–Crippen LogP) is 5.45. The van der Waals surface area contributed by atoms with Gasteiger partial charge in [-0.1, -0.05) is 35.9 Å². The minimum Gasteiger partial charge on any atom is -0.383 e. The molecule has 0 atom stereocenters. The van der Waals surface area contributed by atoms with Crippen LogP contribution < -0.4 is 11.5 Å². The minimum atomic E-state index is -3.84. The Balaban J connectivity index is 1.55. The van der Waals surface area contributed by atoms with Crippen LogP contribution in [0.4, 0.5) is 10.2 Å². The maximum Gasteiger partial charge on any atom is 0.184 e. The van der Waals surface area contributed by atoms with E-state index in [-0.39, 0.29) is 21.5 Å². The van der Waals surface area contributed by atoms with E-state index in [1.165, 1.54) is 24.3 Å². The Bertz CT molecular complexity index is 1580. The third-order valence-electron chi connectivity index (χ3n) is 7.18. The lowest BCUT2D eigenvalue weighted by molar-refractivity contribution is 0.395. The van der Waals surface area contributed by atoms with E-state index in [2.05, 4.69) is 4.98 Å². The van der Waals surface area contributed by atoms with Gasteiger partial charge in [0.05, 0.1) is 26.6 Å². The van der Waals surface area contributed by atoms with Crippen LogP contribution in [-0.2, 0) is 22.1 Å². The van der Waals surface area contributed by atoms with Crippen LogP contribution in [0.5, 0.6) is 0 Å². The van der Waals surface area contributed by atoms with E-state index in [9.17, 15) is 8.42 Å². The van der Waals surface area contributed by atoms with Crippen molar-refractivity contribution in [2.45, 2.75) is 61.8 Å². The second kappa shape index (κ2) is 10.0. The molecule has 10 heteroatoms. The molecule has 5 rings (SSSR count). The molecule has 0 bridgehead atoms. The first-order chi connectivity index (χ1) is 17.7.